The van der Waals surface area contributed by atoms with E-state index in [1.165, 1.54) is 13.8 Å². The first-order valence-electron chi connectivity index (χ1n) is 14.0. The molecule has 0 saturated carbocycles. The van der Waals surface area contributed by atoms with Crippen molar-refractivity contribution in [3.8, 4) is 0 Å². The van der Waals surface area contributed by atoms with Crippen LogP contribution in [-0.2, 0) is 45.9 Å². The third-order valence-electron chi connectivity index (χ3n) is 6.65. The summed E-state index contributed by atoms with van der Waals surface area (Å²) in [4.78, 5) is 84.8. The minimum Gasteiger partial charge on any atom is -0.386 e. The number of nitrogen functional groups attached to an aromatic ring is 1. The van der Waals surface area contributed by atoms with E-state index in [4.69, 9.17) is 19.5 Å². The van der Waals surface area contributed by atoms with Crippen LogP contribution in [0.15, 0.2) is 17.2 Å². The minimum absolute atomic E-state index is 0.0292. The molecular weight excluding hydrogens is 761 g/mol. The molecule has 10 N–H and O–H groups in total. The molecule has 29 heteroatoms. The normalized spacial score (nSPS) is 22.8. The number of phosphoric ester groups is 3. The van der Waals surface area contributed by atoms with Crippen molar-refractivity contribution in [1.29, 1.82) is 0 Å². The van der Waals surface area contributed by atoms with E-state index in [0.717, 1.165) is 17.2 Å². The van der Waals surface area contributed by atoms with E-state index in [0.29, 0.717) is 11.9 Å². The summed E-state index contributed by atoms with van der Waals surface area (Å²) < 4.78 is 64.3. The Balaban J connectivity index is 1.57. The zero-order valence-electron chi connectivity index (χ0n) is 26.0. The zero-order chi connectivity index (χ0) is 37.5. The molecule has 3 rings (SSSR count). The third kappa shape index (κ3) is 12.0. The Labute approximate surface area is 286 Å². The second-order valence-electron chi connectivity index (χ2n) is 11.0. The van der Waals surface area contributed by atoms with Gasteiger partial charge >= 0.3 is 23.5 Å². The second-order valence-corrected chi connectivity index (χ2v) is 16.0. The maximum atomic E-state index is 12.6. The van der Waals surface area contributed by atoms with Crippen LogP contribution in [0.5, 0.6) is 0 Å². The Morgan fingerprint density at radius 1 is 1.12 bits per heavy atom. The molecule has 50 heavy (non-hydrogen) atoms. The van der Waals surface area contributed by atoms with E-state index >= 15 is 0 Å². The Morgan fingerprint density at radius 3 is 2.46 bits per heavy atom. The molecule has 0 aliphatic carbocycles. The fourth-order valence-corrected chi connectivity index (χ4v) is 7.31. The lowest BCUT2D eigenvalue weighted by Gasteiger charge is -2.30. The Hall–Kier alpha value is -2.51. The highest BCUT2D eigenvalue weighted by Crippen LogP contribution is 2.61. The van der Waals surface area contributed by atoms with Gasteiger partial charge in [0.2, 0.25) is 11.8 Å². The van der Waals surface area contributed by atoms with E-state index in [-0.39, 0.29) is 42.2 Å². The van der Waals surface area contributed by atoms with Gasteiger partial charge in [0.15, 0.2) is 17.7 Å². The molecule has 2 aromatic rings. The summed E-state index contributed by atoms with van der Waals surface area (Å²) in [6.07, 6.45) is -6.92. The lowest BCUT2D eigenvalue weighted by molar-refractivity contribution is -0.137. The molecule has 1 aliphatic rings. The molecule has 1 saturated heterocycles. The van der Waals surface area contributed by atoms with Crippen LogP contribution in [0.4, 0.5) is 5.82 Å². The fraction of sp³-hybridized carbons (Fsp3) is 0.667. The number of aliphatic hydroxyl groups excluding tert-OH is 2. The lowest BCUT2D eigenvalue weighted by atomic mass is 9.87. The largest absolute Gasteiger partial charge is 0.481 e. The number of nitrogens with one attached hydrogen (secondary N) is 2. The van der Waals surface area contributed by atoms with Gasteiger partial charge in [-0.15, -0.1) is 4.91 Å². The number of aliphatic hydroxyl groups is 2. The summed E-state index contributed by atoms with van der Waals surface area (Å²) in [7, 11) is -16.4. The topological polar surface area (TPSA) is 376 Å². The number of hydrogen-bond acceptors (Lipinski definition) is 19. The standard InChI is InChI=1S/C21H35N8O17P3S/c1-21(2,16(32)19(33)24-4-3-12(30)23-5-6-50-28-34)8-43-49(40,41)46-48(38,39)42-7-11-15(45-47(35,36)37)14(31)20(44-11)29-10-27-13-17(22)25-9-26-18(13)29/h9-11,14-16,20,31-32H,3-8H2,1-2H3,(H,23,30)(H,24,33)(H,38,39)(H,40,41)(H2,22,25,26)(H2,35,36,37)/t11-,14-,15-,16?,20-/m1/s1. The number of imidazole rings is 1. The van der Waals surface area contributed by atoms with Crippen molar-refractivity contribution < 1.29 is 75.7 Å². The van der Waals surface area contributed by atoms with E-state index in [1.807, 2.05) is 0 Å². The number of nitroso groups, excluding NO2 is 1. The average molecular weight is 797 g/mol. The lowest BCUT2D eigenvalue weighted by Crippen LogP contribution is -2.46. The first kappa shape index (κ1) is 41.9. The Morgan fingerprint density at radius 2 is 1.80 bits per heavy atom. The number of fused-ring (bicyclic) bond motifs is 1. The number of hydrogen-bond donors (Lipinski definition) is 9. The maximum absolute atomic E-state index is 12.6. The van der Waals surface area contributed by atoms with Gasteiger partial charge in [0.25, 0.3) is 0 Å². The van der Waals surface area contributed by atoms with E-state index in [1.54, 1.807) is 0 Å². The summed E-state index contributed by atoms with van der Waals surface area (Å²) in [5.41, 5.74) is 4.25. The van der Waals surface area contributed by atoms with Crippen molar-refractivity contribution in [2.45, 2.75) is 50.9 Å². The van der Waals surface area contributed by atoms with Gasteiger partial charge in [-0.05, 0) is 0 Å². The number of anilines is 1. The minimum atomic E-state index is -5.56. The van der Waals surface area contributed by atoms with Crippen LogP contribution >= 0.6 is 35.4 Å². The molecule has 0 bridgehead atoms. The number of amides is 2. The maximum Gasteiger partial charge on any atom is 0.481 e. The Kier molecular flexibility index (Phi) is 14.5. The molecule has 25 nitrogen and oxygen atoms in total. The van der Waals surface area contributed by atoms with Gasteiger partial charge in [-0.25, -0.2) is 28.6 Å². The molecule has 1 aliphatic heterocycles. The quantitative estimate of drug-likeness (QED) is 0.0329. The van der Waals surface area contributed by atoms with Crippen molar-refractivity contribution in [1.82, 2.24) is 30.2 Å². The van der Waals surface area contributed by atoms with Gasteiger partial charge in [-0.2, -0.15) is 4.31 Å². The second kappa shape index (κ2) is 17.3. The number of rotatable bonds is 20. The van der Waals surface area contributed by atoms with Crippen molar-refractivity contribution in [3.05, 3.63) is 17.6 Å². The molecule has 7 atom stereocenters. The van der Waals surface area contributed by atoms with Crippen LogP contribution < -0.4 is 16.4 Å². The Bertz CT molecular complexity index is 1660. The summed E-state index contributed by atoms with van der Waals surface area (Å²) in [5, 5.41) is 26.0. The predicted molar refractivity (Wildman–Crippen MR) is 168 cm³/mol. The van der Waals surface area contributed by atoms with Crippen LogP contribution in [0.25, 0.3) is 11.2 Å². The zero-order valence-corrected chi connectivity index (χ0v) is 29.5. The summed E-state index contributed by atoms with van der Waals surface area (Å²) in [6.45, 7) is 0.416. The van der Waals surface area contributed by atoms with Crippen molar-refractivity contribution >= 4 is 64.2 Å². The van der Waals surface area contributed by atoms with Crippen LogP contribution in [0.2, 0.25) is 0 Å². The highest BCUT2D eigenvalue weighted by atomic mass is 32.2. The SMILES string of the molecule is CC(C)(COP(=O)(O)OP(=O)(O)OC[C@H]1O[C@@H](n2cnc3c(N)ncnc32)[C@H](O)[C@@H]1OP(=O)(O)O)C(O)C(=O)NCCC(=O)NCCSN=O. The van der Waals surface area contributed by atoms with Gasteiger partial charge in [-0.1, -0.05) is 13.8 Å². The molecule has 3 unspecified atom stereocenters. The number of nitrogens with zero attached hydrogens (tertiary/aromatic N) is 5. The van der Waals surface area contributed by atoms with E-state index in [2.05, 4.69) is 39.0 Å². The third-order valence-corrected chi connectivity index (χ3v) is 10.2. The molecule has 282 valence electrons. The molecule has 2 aromatic heterocycles. The van der Waals surface area contributed by atoms with Gasteiger partial charge in [-0.3, -0.25) is 27.7 Å². The van der Waals surface area contributed by atoms with Gasteiger partial charge < -0.3 is 50.9 Å². The molecular formula is C21H35N8O17P3S. The van der Waals surface area contributed by atoms with Gasteiger partial charge in [0.05, 0.1) is 19.5 Å². The summed E-state index contributed by atoms with van der Waals surface area (Å²) >= 11 is 0.710. The van der Waals surface area contributed by atoms with Crippen LogP contribution in [-0.4, -0.2) is 118 Å². The first-order chi connectivity index (χ1) is 23.2. The van der Waals surface area contributed by atoms with Gasteiger partial charge in [0.1, 0.15) is 36.3 Å². The number of aromatic nitrogens is 4. The molecule has 2 amide bonds. The van der Waals surface area contributed by atoms with Crippen LogP contribution in [0, 0.1) is 10.3 Å². The predicted octanol–water partition coefficient (Wildman–Crippen LogP) is -1.18. The highest BCUT2D eigenvalue weighted by Gasteiger charge is 2.50. The fourth-order valence-electron chi connectivity index (χ4n) is 4.21. The molecule has 0 spiro atoms. The van der Waals surface area contributed by atoms with E-state index < -0.39 is 84.6 Å². The van der Waals surface area contributed by atoms with Crippen molar-refractivity contribution in [3.63, 3.8) is 0 Å². The van der Waals surface area contributed by atoms with E-state index in [9.17, 15) is 58.0 Å². The van der Waals surface area contributed by atoms with Gasteiger partial charge in [0, 0.05) is 47.2 Å². The average Bonchev–Trinajstić information content (AvgIpc) is 3.57. The van der Waals surface area contributed by atoms with Crippen molar-refractivity contribution in [2.75, 3.05) is 37.8 Å². The number of ether oxygens (including phenoxy) is 1. The first-order valence-corrected chi connectivity index (χ1v) is 19.5. The number of phosphoric acid groups is 3. The van der Waals surface area contributed by atoms with Crippen LogP contribution in [0.1, 0.15) is 26.5 Å². The number of nitrogens with two attached hydrogens (primary N) is 1. The number of carbonyl (C=O) groups excluding carboxylic acids is 2. The van der Waals surface area contributed by atoms with Crippen LogP contribution in [0.3, 0.4) is 0 Å². The van der Waals surface area contributed by atoms with Crippen molar-refractivity contribution in [2.24, 2.45) is 10.00 Å². The molecule has 0 aromatic carbocycles. The molecule has 1 fully saturated rings. The molecule has 3 heterocycles. The molecule has 0 radical (unpaired) electrons. The smallest absolute Gasteiger partial charge is 0.386 e. The summed E-state index contributed by atoms with van der Waals surface area (Å²) in [6, 6.07) is 0. The summed E-state index contributed by atoms with van der Waals surface area (Å²) in [5.74, 6) is -1.24. The number of carbonyl (C=O) groups is 2. The monoisotopic (exact) mass is 796 g/mol. The highest BCUT2D eigenvalue weighted by molar-refractivity contribution is 7.97.